The lowest BCUT2D eigenvalue weighted by Crippen LogP contribution is -2.29. The number of primary sulfonamides is 1. The van der Waals surface area contributed by atoms with E-state index < -0.39 is 10.0 Å². The third kappa shape index (κ3) is 4.34. The SMILES string of the molecule is NCc1ccc(-c2ccc(CC3CCNCC3)c(S(N)(=O)=O)c2C2=NCN=N2)cc1. The highest BCUT2D eigenvalue weighted by Gasteiger charge is 2.28. The minimum absolute atomic E-state index is 0.112. The average molecular weight is 427 g/mol. The Morgan fingerprint density at radius 1 is 1.07 bits per heavy atom. The van der Waals surface area contributed by atoms with Crippen molar-refractivity contribution in [1.82, 2.24) is 5.32 Å². The molecular weight excluding hydrogens is 400 g/mol. The van der Waals surface area contributed by atoms with Crippen molar-refractivity contribution in [1.29, 1.82) is 0 Å². The number of sulfonamides is 1. The van der Waals surface area contributed by atoms with E-state index in [1.165, 1.54) is 0 Å². The highest BCUT2D eigenvalue weighted by atomic mass is 32.2. The van der Waals surface area contributed by atoms with E-state index in [-0.39, 0.29) is 11.6 Å². The lowest BCUT2D eigenvalue weighted by Gasteiger charge is -2.24. The molecule has 5 N–H and O–H groups in total. The van der Waals surface area contributed by atoms with Crippen LogP contribution in [0.3, 0.4) is 0 Å². The molecule has 0 aliphatic carbocycles. The molecule has 0 unspecified atom stereocenters. The first-order valence-corrected chi connectivity index (χ1v) is 11.6. The molecule has 0 saturated carbocycles. The lowest BCUT2D eigenvalue weighted by molar-refractivity contribution is 0.371. The van der Waals surface area contributed by atoms with Gasteiger partial charge in [0.2, 0.25) is 10.0 Å². The van der Waals surface area contributed by atoms with Crippen molar-refractivity contribution in [2.24, 2.45) is 32.0 Å². The third-order valence-corrected chi connectivity index (χ3v) is 6.70. The fourth-order valence-electron chi connectivity index (χ4n) is 4.15. The molecule has 2 aromatic rings. The number of piperidine rings is 1. The average Bonchev–Trinajstić information content (AvgIpc) is 3.28. The van der Waals surface area contributed by atoms with E-state index in [9.17, 15) is 8.42 Å². The fourth-order valence-corrected chi connectivity index (χ4v) is 5.15. The van der Waals surface area contributed by atoms with E-state index in [0.717, 1.165) is 42.6 Å². The van der Waals surface area contributed by atoms with Crippen LogP contribution in [0.2, 0.25) is 0 Å². The Bertz CT molecular complexity index is 1090. The Labute approximate surface area is 176 Å². The summed E-state index contributed by atoms with van der Waals surface area (Å²) in [7, 11) is -4.01. The lowest BCUT2D eigenvalue weighted by atomic mass is 9.88. The van der Waals surface area contributed by atoms with E-state index in [0.29, 0.717) is 35.8 Å². The van der Waals surface area contributed by atoms with Crippen LogP contribution in [0.15, 0.2) is 56.5 Å². The number of amidine groups is 1. The van der Waals surface area contributed by atoms with Crippen molar-refractivity contribution in [2.45, 2.75) is 30.7 Å². The second kappa shape index (κ2) is 8.73. The summed E-state index contributed by atoms with van der Waals surface area (Å²) >= 11 is 0. The summed E-state index contributed by atoms with van der Waals surface area (Å²) < 4.78 is 25.6. The van der Waals surface area contributed by atoms with Gasteiger partial charge in [-0.25, -0.2) is 18.5 Å². The van der Waals surface area contributed by atoms with Crippen LogP contribution >= 0.6 is 0 Å². The Kier molecular flexibility index (Phi) is 6.05. The quantitative estimate of drug-likeness (QED) is 0.652. The second-order valence-electron chi connectivity index (χ2n) is 7.68. The summed E-state index contributed by atoms with van der Waals surface area (Å²) in [5.74, 6) is 0.713. The fraction of sp³-hybridized carbons (Fsp3) is 0.381. The van der Waals surface area contributed by atoms with Crippen molar-refractivity contribution in [2.75, 3.05) is 19.8 Å². The summed E-state index contributed by atoms with van der Waals surface area (Å²) in [5, 5.41) is 17.1. The van der Waals surface area contributed by atoms with Gasteiger partial charge in [-0.2, -0.15) is 5.11 Å². The van der Waals surface area contributed by atoms with Gasteiger partial charge in [-0.05, 0) is 60.5 Å². The maximum Gasteiger partial charge on any atom is 0.239 e. The summed E-state index contributed by atoms with van der Waals surface area (Å²) in [6.07, 6.45) is 2.65. The summed E-state index contributed by atoms with van der Waals surface area (Å²) in [6.45, 7) is 2.50. The number of aliphatic imine (C=N–C) groups is 1. The zero-order valence-corrected chi connectivity index (χ0v) is 17.5. The molecule has 0 atom stereocenters. The van der Waals surface area contributed by atoms with Crippen LogP contribution in [0, 0.1) is 5.92 Å². The van der Waals surface area contributed by atoms with Crippen LogP contribution in [-0.2, 0) is 23.0 Å². The Morgan fingerprint density at radius 3 is 2.40 bits per heavy atom. The van der Waals surface area contributed by atoms with Crippen LogP contribution < -0.4 is 16.2 Å². The number of nitrogens with one attached hydrogen (secondary N) is 1. The molecule has 2 aromatic carbocycles. The molecule has 0 spiro atoms. The van der Waals surface area contributed by atoms with Gasteiger partial charge < -0.3 is 11.1 Å². The zero-order chi connectivity index (χ0) is 21.1. The van der Waals surface area contributed by atoms with Crippen molar-refractivity contribution >= 4 is 15.9 Å². The van der Waals surface area contributed by atoms with Crippen LogP contribution in [-0.4, -0.2) is 34.0 Å². The second-order valence-corrected chi connectivity index (χ2v) is 9.18. The highest BCUT2D eigenvalue weighted by Crippen LogP contribution is 2.35. The number of rotatable bonds is 6. The monoisotopic (exact) mass is 426 g/mol. The van der Waals surface area contributed by atoms with Crippen molar-refractivity contribution < 1.29 is 8.42 Å². The summed E-state index contributed by atoms with van der Waals surface area (Å²) in [5.41, 5.74) is 9.43. The molecule has 0 radical (unpaired) electrons. The Balaban J connectivity index is 1.89. The molecular formula is C21H26N6O2S. The molecule has 30 heavy (non-hydrogen) atoms. The molecule has 1 saturated heterocycles. The first-order valence-electron chi connectivity index (χ1n) is 10.1. The molecule has 0 amide bonds. The molecule has 2 heterocycles. The van der Waals surface area contributed by atoms with Gasteiger partial charge in [0.25, 0.3) is 0 Å². The van der Waals surface area contributed by atoms with E-state index in [1.807, 2.05) is 36.4 Å². The first kappa shape index (κ1) is 20.8. The number of hydrogen-bond donors (Lipinski definition) is 3. The number of benzene rings is 2. The highest BCUT2D eigenvalue weighted by molar-refractivity contribution is 7.89. The van der Waals surface area contributed by atoms with Crippen LogP contribution in [0.5, 0.6) is 0 Å². The van der Waals surface area contributed by atoms with Crippen LogP contribution in [0.25, 0.3) is 11.1 Å². The van der Waals surface area contributed by atoms with Gasteiger partial charge in [0.05, 0.1) is 4.90 Å². The van der Waals surface area contributed by atoms with Gasteiger partial charge in [0.15, 0.2) is 12.5 Å². The van der Waals surface area contributed by atoms with E-state index >= 15 is 0 Å². The van der Waals surface area contributed by atoms with E-state index in [2.05, 4.69) is 20.5 Å². The molecule has 9 heteroatoms. The largest absolute Gasteiger partial charge is 0.326 e. The van der Waals surface area contributed by atoms with Gasteiger partial charge in [-0.15, -0.1) is 5.11 Å². The van der Waals surface area contributed by atoms with Crippen LogP contribution in [0.4, 0.5) is 0 Å². The van der Waals surface area contributed by atoms with E-state index in [4.69, 9.17) is 10.9 Å². The van der Waals surface area contributed by atoms with Gasteiger partial charge >= 0.3 is 0 Å². The number of azo groups is 1. The van der Waals surface area contributed by atoms with Gasteiger partial charge in [-0.1, -0.05) is 36.4 Å². The summed E-state index contributed by atoms with van der Waals surface area (Å²) in [6, 6.07) is 11.5. The van der Waals surface area contributed by atoms with Gasteiger partial charge in [0, 0.05) is 12.1 Å². The van der Waals surface area contributed by atoms with E-state index in [1.54, 1.807) is 0 Å². The Morgan fingerprint density at radius 2 is 1.80 bits per heavy atom. The number of nitrogens with two attached hydrogens (primary N) is 2. The predicted molar refractivity (Wildman–Crippen MR) is 117 cm³/mol. The molecule has 158 valence electrons. The van der Waals surface area contributed by atoms with Crippen LogP contribution in [0.1, 0.15) is 29.5 Å². The Hall–Kier alpha value is -2.46. The predicted octanol–water partition coefficient (Wildman–Crippen LogP) is 2.17. The van der Waals surface area contributed by atoms with Gasteiger partial charge in [0.1, 0.15) is 0 Å². The zero-order valence-electron chi connectivity index (χ0n) is 16.7. The summed E-state index contributed by atoms with van der Waals surface area (Å²) in [4.78, 5) is 4.43. The first-order chi connectivity index (χ1) is 14.5. The smallest absolute Gasteiger partial charge is 0.239 e. The minimum Gasteiger partial charge on any atom is -0.326 e. The molecule has 2 aliphatic heterocycles. The maximum absolute atomic E-state index is 12.8. The normalized spacial score (nSPS) is 17.3. The molecule has 1 fully saturated rings. The molecule has 8 nitrogen and oxygen atoms in total. The molecule has 2 aliphatic rings. The topological polar surface area (TPSA) is 135 Å². The van der Waals surface area contributed by atoms with Gasteiger partial charge in [-0.3, -0.25) is 0 Å². The maximum atomic E-state index is 12.8. The van der Waals surface area contributed by atoms with Crippen molar-refractivity contribution in [3.8, 4) is 11.1 Å². The standard InChI is InChI=1S/C21H26N6O2S/c22-12-15-1-3-16(4-2-15)18-6-5-17(11-14-7-9-24-10-8-14)20(30(23,28)29)19(18)21-25-13-26-27-21/h1-6,14,24H,7-13,22H2,(H2,23,28,29). The number of nitrogens with zero attached hydrogens (tertiary/aromatic N) is 3. The van der Waals surface area contributed by atoms with Crippen molar-refractivity contribution in [3.63, 3.8) is 0 Å². The third-order valence-electron chi connectivity index (χ3n) is 5.66. The molecule has 0 aromatic heterocycles. The number of hydrogen-bond acceptors (Lipinski definition) is 7. The minimum atomic E-state index is -4.01. The molecule has 0 bridgehead atoms. The van der Waals surface area contributed by atoms with Crippen molar-refractivity contribution in [3.05, 3.63) is 53.1 Å². The molecule has 4 rings (SSSR count).